The van der Waals surface area contributed by atoms with Crippen molar-refractivity contribution in [1.29, 1.82) is 0 Å². The summed E-state index contributed by atoms with van der Waals surface area (Å²) in [5.74, 6) is -0.528. The number of anilines is 2. The van der Waals surface area contributed by atoms with E-state index in [1.165, 1.54) is 12.1 Å². The molecule has 3 aromatic rings. The molecular formula is C25H25N3O4S. The maximum Gasteiger partial charge on any atom is 0.261 e. The fourth-order valence-electron chi connectivity index (χ4n) is 3.85. The van der Waals surface area contributed by atoms with Crippen LogP contribution < -0.4 is 10.0 Å². The van der Waals surface area contributed by atoms with E-state index in [1.807, 2.05) is 0 Å². The molecule has 0 unspecified atom stereocenters. The van der Waals surface area contributed by atoms with Crippen LogP contribution in [0.4, 0.5) is 11.4 Å². The Balaban J connectivity index is 1.58. The van der Waals surface area contributed by atoms with E-state index in [0.29, 0.717) is 41.2 Å². The fraction of sp³-hybridized carbons (Fsp3) is 0.200. The quantitative estimate of drug-likeness (QED) is 0.570. The molecule has 1 aliphatic heterocycles. The highest BCUT2D eigenvalue weighted by Gasteiger charge is 2.23. The molecule has 0 bridgehead atoms. The monoisotopic (exact) mass is 463 g/mol. The Hall–Kier alpha value is -3.65. The zero-order chi connectivity index (χ0) is 23.4. The minimum atomic E-state index is -3.80. The molecule has 8 heteroatoms. The lowest BCUT2D eigenvalue weighted by atomic mass is 10.1. The number of benzene rings is 3. The van der Waals surface area contributed by atoms with Crippen LogP contribution in [0.15, 0.2) is 77.7 Å². The Morgan fingerprint density at radius 2 is 1.39 bits per heavy atom. The number of hydrogen-bond donors (Lipinski definition) is 2. The van der Waals surface area contributed by atoms with Gasteiger partial charge in [-0.05, 0) is 61.7 Å². The summed E-state index contributed by atoms with van der Waals surface area (Å²) in [4.78, 5) is 27.9. The van der Waals surface area contributed by atoms with Crippen LogP contribution in [0.2, 0.25) is 0 Å². The lowest BCUT2D eigenvalue weighted by molar-refractivity contribution is 0.0794. The van der Waals surface area contributed by atoms with Crippen molar-refractivity contribution >= 4 is 33.2 Å². The highest BCUT2D eigenvalue weighted by molar-refractivity contribution is 7.92. The van der Waals surface area contributed by atoms with Gasteiger partial charge in [0.15, 0.2) is 0 Å². The average molecular weight is 464 g/mol. The van der Waals surface area contributed by atoms with Crippen molar-refractivity contribution in [3.63, 3.8) is 0 Å². The molecule has 2 N–H and O–H groups in total. The van der Waals surface area contributed by atoms with Crippen molar-refractivity contribution in [2.75, 3.05) is 23.1 Å². The summed E-state index contributed by atoms with van der Waals surface area (Å²) in [6, 6.07) is 19.8. The third kappa shape index (κ3) is 4.90. The molecule has 170 valence electrons. The molecule has 7 nitrogen and oxygen atoms in total. The van der Waals surface area contributed by atoms with Crippen molar-refractivity contribution in [1.82, 2.24) is 4.90 Å². The van der Waals surface area contributed by atoms with Crippen LogP contribution in [0, 0.1) is 6.92 Å². The molecular weight excluding hydrogens is 438 g/mol. The first-order valence-electron chi connectivity index (χ1n) is 10.7. The number of sulfonamides is 1. The Morgan fingerprint density at radius 1 is 0.788 bits per heavy atom. The largest absolute Gasteiger partial charge is 0.339 e. The van der Waals surface area contributed by atoms with Gasteiger partial charge in [-0.3, -0.25) is 14.3 Å². The molecule has 0 radical (unpaired) electrons. The summed E-state index contributed by atoms with van der Waals surface area (Å²) >= 11 is 0. The maximum atomic E-state index is 13.1. The number of amides is 2. The van der Waals surface area contributed by atoms with Gasteiger partial charge >= 0.3 is 0 Å². The van der Waals surface area contributed by atoms with Gasteiger partial charge in [-0.1, -0.05) is 36.4 Å². The molecule has 0 aromatic heterocycles. The van der Waals surface area contributed by atoms with Crippen LogP contribution in [0.25, 0.3) is 0 Å². The van der Waals surface area contributed by atoms with Crippen LogP contribution >= 0.6 is 0 Å². The Morgan fingerprint density at radius 3 is 2.12 bits per heavy atom. The van der Waals surface area contributed by atoms with Crippen molar-refractivity contribution in [2.45, 2.75) is 24.7 Å². The lowest BCUT2D eigenvalue weighted by Gasteiger charge is -2.18. The highest BCUT2D eigenvalue weighted by Crippen LogP contribution is 2.25. The zero-order valence-corrected chi connectivity index (χ0v) is 19.1. The molecule has 1 fully saturated rings. The van der Waals surface area contributed by atoms with Crippen LogP contribution in [0.1, 0.15) is 39.1 Å². The van der Waals surface area contributed by atoms with E-state index < -0.39 is 15.9 Å². The van der Waals surface area contributed by atoms with Crippen molar-refractivity contribution < 1.29 is 18.0 Å². The first-order valence-corrected chi connectivity index (χ1v) is 12.2. The molecule has 0 aliphatic carbocycles. The molecule has 0 spiro atoms. The van der Waals surface area contributed by atoms with E-state index in [0.717, 1.165) is 12.8 Å². The zero-order valence-electron chi connectivity index (χ0n) is 18.2. The molecule has 0 saturated carbocycles. The number of para-hydroxylation sites is 1. The first-order chi connectivity index (χ1) is 15.9. The topological polar surface area (TPSA) is 95.6 Å². The van der Waals surface area contributed by atoms with Crippen LogP contribution in [-0.2, 0) is 10.0 Å². The number of carbonyl (C=O) groups excluding carboxylic acids is 2. The number of rotatable bonds is 6. The van der Waals surface area contributed by atoms with Gasteiger partial charge in [-0.2, -0.15) is 0 Å². The summed E-state index contributed by atoms with van der Waals surface area (Å²) in [6.45, 7) is 3.10. The Bertz CT molecular complexity index is 1280. The predicted molar refractivity (Wildman–Crippen MR) is 128 cm³/mol. The summed E-state index contributed by atoms with van der Waals surface area (Å²) in [7, 11) is -3.80. The van der Waals surface area contributed by atoms with E-state index in [4.69, 9.17) is 0 Å². The number of carbonyl (C=O) groups is 2. The molecule has 1 saturated heterocycles. The van der Waals surface area contributed by atoms with Gasteiger partial charge in [-0.25, -0.2) is 8.42 Å². The van der Waals surface area contributed by atoms with Crippen LogP contribution in [0.5, 0.6) is 0 Å². The third-order valence-electron chi connectivity index (χ3n) is 5.68. The SMILES string of the molecule is Cc1c(NS(=O)(=O)c2ccccc2)cccc1C(=O)Nc1ccccc1C(=O)N1CCCC1. The molecule has 3 aromatic carbocycles. The molecule has 1 aliphatic rings. The van der Waals surface area contributed by atoms with Gasteiger partial charge in [0.25, 0.3) is 21.8 Å². The predicted octanol–water partition coefficient (Wildman–Crippen LogP) is 4.28. The van der Waals surface area contributed by atoms with Gasteiger partial charge < -0.3 is 10.2 Å². The van der Waals surface area contributed by atoms with Crippen molar-refractivity contribution in [2.24, 2.45) is 0 Å². The van der Waals surface area contributed by atoms with E-state index >= 15 is 0 Å². The highest BCUT2D eigenvalue weighted by atomic mass is 32.2. The average Bonchev–Trinajstić information content (AvgIpc) is 3.36. The third-order valence-corrected chi connectivity index (χ3v) is 7.06. The van der Waals surface area contributed by atoms with Gasteiger partial charge in [0.2, 0.25) is 0 Å². The van der Waals surface area contributed by atoms with Gasteiger partial charge in [0, 0.05) is 18.7 Å². The molecule has 1 heterocycles. The second-order valence-corrected chi connectivity index (χ2v) is 9.58. The smallest absolute Gasteiger partial charge is 0.261 e. The van der Waals surface area contributed by atoms with E-state index in [1.54, 1.807) is 72.5 Å². The van der Waals surface area contributed by atoms with Crippen LogP contribution in [0.3, 0.4) is 0 Å². The number of nitrogens with zero attached hydrogens (tertiary/aromatic N) is 1. The van der Waals surface area contributed by atoms with Crippen molar-refractivity contribution in [3.05, 3.63) is 89.5 Å². The Kier molecular flexibility index (Phi) is 6.46. The lowest BCUT2D eigenvalue weighted by Crippen LogP contribution is -2.29. The summed E-state index contributed by atoms with van der Waals surface area (Å²) in [5, 5.41) is 2.83. The number of hydrogen-bond acceptors (Lipinski definition) is 4. The minimum absolute atomic E-state index is 0.107. The fourth-order valence-corrected chi connectivity index (χ4v) is 5.00. The normalized spacial score (nSPS) is 13.5. The Labute approximate surface area is 193 Å². The van der Waals surface area contributed by atoms with Crippen molar-refractivity contribution in [3.8, 4) is 0 Å². The summed E-state index contributed by atoms with van der Waals surface area (Å²) in [5.41, 5.74) is 1.97. The number of nitrogens with one attached hydrogen (secondary N) is 2. The summed E-state index contributed by atoms with van der Waals surface area (Å²) in [6.07, 6.45) is 1.95. The minimum Gasteiger partial charge on any atom is -0.339 e. The van der Waals surface area contributed by atoms with E-state index in [2.05, 4.69) is 10.0 Å². The van der Waals surface area contributed by atoms with Gasteiger partial charge in [0.05, 0.1) is 21.8 Å². The summed E-state index contributed by atoms with van der Waals surface area (Å²) < 4.78 is 28.0. The standard InChI is InChI=1S/C25H25N3O4S/c1-18-20(13-9-15-22(18)27-33(31,32)19-10-3-2-4-11-19)24(29)26-23-14-6-5-12-21(23)25(30)28-16-7-8-17-28/h2-6,9-15,27H,7-8,16-17H2,1H3,(H,26,29). The maximum absolute atomic E-state index is 13.1. The molecule has 0 atom stereocenters. The van der Waals surface area contributed by atoms with E-state index in [-0.39, 0.29) is 10.8 Å². The second-order valence-electron chi connectivity index (χ2n) is 7.90. The molecule has 33 heavy (non-hydrogen) atoms. The second kappa shape index (κ2) is 9.46. The van der Waals surface area contributed by atoms with Gasteiger partial charge in [0.1, 0.15) is 0 Å². The van der Waals surface area contributed by atoms with Crippen LogP contribution in [-0.4, -0.2) is 38.2 Å². The first kappa shape index (κ1) is 22.5. The number of likely N-dealkylation sites (tertiary alicyclic amines) is 1. The molecule has 4 rings (SSSR count). The van der Waals surface area contributed by atoms with Gasteiger partial charge in [-0.15, -0.1) is 0 Å². The molecule has 2 amide bonds. The van der Waals surface area contributed by atoms with E-state index in [9.17, 15) is 18.0 Å².